The predicted molar refractivity (Wildman–Crippen MR) is 161 cm³/mol. The predicted octanol–water partition coefficient (Wildman–Crippen LogP) is 3.70. The van der Waals surface area contributed by atoms with Crippen molar-refractivity contribution < 1.29 is 19.3 Å². The van der Waals surface area contributed by atoms with E-state index in [9.17, 15) is 14.7 Å². The molecule has 2 aromatic carbocycles. The molecule has 0 aromatic heterocycles. The fourth-order valence-corrected chi connectivity index (χ4v) is 5.47. The zero-order valence-electron chi connectivity index (χ0n) is 24.7. The number of ether oxygens (including phenoxy) is 3. The van der Waals surface area contributed by atoms with Crippen LogP contribution in [-0.4, -0.2) is 57.8 Å². The van der Waals surface area contributed by atoms with Crippen LogP contribution in [0.25, 0.3) is 0 Å². The minimum Gasteiger partial charge on any atom is -0.493 e. The van der Waals surface area contributed by atoms with Crippen LogP contribution >= 0.6 is 0 Å². The quantitative estimate of drug-likeness (QED) is 0.159. The Morgan fingerprint density at radius 2 is 1.70 bits per heavy atom. The second kappa shape index (κ2) is 16.0. The number of benzene rings is 1. The Labute approximate surface area is 238 Å². The molecule has 224 valence electrons. The van der Waals surface area contributed by atoms with Crippen molar-refractivity contribution in [1.82, 2.24) is 0 Å². The molecular weight excluding hydrogens is 510 g/mol. The van der Waals surface area contributed by atoms with Crippen molar-refractivity contribution in [2.75, 3.05) is 51.2 Å². The molecule has 40 heavy (non-hydrogen) atoms. The molecule has 1 fully saturated rings. The lowest BCUT2D eigenvalue weighted by Gasteiger charge is -2.28. The summed E-state index contributed by atoms with van der Waals surface area (Å²) in [6.07, 6.45) is 7.29. The highest BCUT2D eigenvalue weighted by Crippen LogP contribution is 2.31. The summed E-state index contributed by atoms with van der Waals surface area (Å²) in [5.41, 5.74) is 7.15. The third-order valence-corrected chi connectivity index (χ3v) is 8.18. The van der Waals surface area contributed by atoms with Crippen molar-refractivity contribution in [1.29, 1.82) is 0 Å². The largest absolute Gasteiger partial charge is 0.493 e. The lowest BCUT2D eigenvalue weighted by atomic mass is 9.83. The number of anilines is 2. The summed E-state index contributed by atoms with van der Waals surface area (Å²) in [6.45, 7) is 6.28. The molecule has 3 rings (SSSR count). The molecule has 0 saturated heterocycles. The van der Waals surface area contributed by atoms with Crippen LogP contribution in [0.1, 0.15) is 64.4 Å². The van der Waals surface area contributed by atoms with E-state index in [0.29, 0.717) is 55.2 Å². The zero-order valence-corrected chi connectivity index (χ0v) is 24.7. The van der Waals surface area contributed by atoms with E-state index in [1.807, 2.05) is 18.2 Å². The van der Waals surface area contributed by atoms with Crippen molar-refractivity contribution in [3.8, 4) is 11.5 Å². The number of aliphatic hydroxyl groups excluding tert-OH is 1. The van der Waals surface area contributed by atoms with Crippen LogP contribution < -0.4 is 36.7 Å². The van der Waals surface area contributed by atoms with E-state index >= 15 is 0 Å². The maximum atomic E-state index is 12.2. The summed E-state index contributed by atoms with van der Waals surface area (Å²) >= 11 is 0. The molecule has 9 nitrogen and oxygen atoms in total. The molecule has 5 N–H and O–H groups in total. The number of hydrogen-bond acceptors (Lipinski definition) is 9. The molecule has 0 heterocycles. The first kappa shape index (κ1) is 31.9. The summed E-state index contributed by atoms with van der Waals surface area (Å²) in [5.74, 6) is 2.48. The van der Waals surface area contributed by atoms with Crippen molar-refractivity contribution in [3.05, 3.63) is 44.2 Å². The van der Waals surface area contributed by atoms with E-state index in [2.05, 4.69) is 24.5 Å². The molecule has 0 radical (unpaired) electrons. The fraction of sp³-hybridized carbons (Fsp3) is 0.677. The molecule has 3 atom stereocenters. The molecule has 1 saturated carbocycles. The Morgan fingerprint density at radius 1 is 1.00 bits per heavy atom. The van der Waals surface area contributed by atoms with Crippen LogP contribution in [0.2, 0.25) is 0 Å². The minimum atomic E-state index is -0.868. The van der Waals surface area contributed by atoms with Crippen LogP contribution in [-0.2, 0) is 11.2 Å². The maximum absolute atomic E-state index is 12.2. The highest BCUT2D eigenvalue weighted by atomic mass is 16.5. The van der Waals surface area contributed by atoms with Crippen LogP contribution in [0.5, 0.6) is 11.5 Å². The van der Waals surface area contributed by atoms with Gasteiger partial charge in [-0.25, -0.2) is 0 Å². The van der Waals surface area contributed by atoms with Gasteiger partial charge in [0, 0.05) is 39.3 Å². The molecule has 9 heteroatoms. The van der Waals surface area contributed by atoms with Gasteiger partial charge in [0.2, 0.25) is 0 Å². The molecule has 0 spiro atoms. The molecule has 2 aromatic rings. The zero-order chi connectivity index (χ0) is 29.1. The molecule has 0 unspecified atom stereocenters. The lowest BCUT2D eigenvalue weighted by molar-refractivity contribution is 0.137. The fourth-order valence-electron chi connectivity index (χ4n) is 5.47. The van der Waals surface area contributed by atoms with Crippen LogP contribution in [0, 0.1) is 17.8 Å². The van der Waals surface area contributed by atoms with Crippen LogP contribution in [0.4, 0.5) is 11.4 Å². The summed E-state index contributed by atoms with van der Waals surface area (Å²) < 4.78 is 16.5. The smallest absolute Gasteiger partial charge is 0.253 e. The van der Waals surface area contributed by atoms with Crippen LogP contribution in [0.15, 0.2) is 27.8 Å². The first-order valence-electron chi connectivity index (χ1n) is 14.8. The highest BCUT2D eigenvalue weighted by molar-refractivity contribution is 5.74. The Hall–Kier alpha value is -2.62. The third-order valence-electron chi connectivity index (χ3n) is 8.18. The third kappa shape index (κ3) is 8.94. The second-order valence-corrected chi connectivity index (χ2v) is 11.5. The van der Waals surface area contributed by atoms with Crippen molar-refractivity contribution >= 4 is 11.4 Å². The van der Waals surface area contributed by atoms with Gasteiger partial charge in [-0.2, -0.15) is 0 Å². The van der Waals surface area contributed by atoms with E-state index in [0.717, 1.165) is 31.2 Å². The SMILES string of the molecule is COCCCOc1cc(C[C@@H](C[C@H](N)[C@@H](O)CNc2c(NCC3CCCCC3)c(=O)c2=O)C(C)C)ccc1OC. The Bertz CT molecular complexity index is 1110. The van der Waals surface area contributed by atoms with Crippen molar-refractivity contribution in [3.63, 3.8) is 0 Å². The summed E-state index contributed by atoms with van der Waals surface area (Å²) in [6, 6.07) is 5.47. The minimum absolute atomic E-state index is 0.108. The summed E-state index contributed by atoms with van der Waals surface area (Å²) in [7, 11) is 3.30. The van der Waals surface area contributed by atoms with Crippen LogP contribution in [0.3, 0.4) is 0 Å². The molecule has 0 aliphatic heterocycles. The average molecular weight is 560 g/mol. The number of rotatable bonds is 18. The topological polar surface area (TPSA) is 132 Å². The average Bonchev–Trinajstić information content (AvgIpc) is 2.96. The maximum Gasteiger partial charge on any atom is 0.253 e. The second-order valence-electron chi connectivity index (χ2n) is 11.5. The molecule has 0 bridgehead atoms. The first-order chi connectivity index (χ1) is 19.2. The first-order valence-corrected chi connectivity index (χ1v) is 14.8. The van der Waals surface area contributed by atoms with Crippen molar-refractivity contribution in [2.45, 2.75) is 77.4 Å². The lowest BCUT2D eigenvalue weighted by Crippen LogP contribution is -2.44. The van der Waals surface area contributed by atoms with E-state index in [-0.39, 0.29) is 18.2 Å². The monoisotopic (exact) mass is 559 g/mol. The molecule has 1 aliphatic carbocycles. The van der Waals surface area contributed by atoms with Gasteiger partial charge in [0.05, 0.1) is 19.8 Å². The number of hydrogen-bond donors (Lipinski definition) is 4. The van der Waals surface area contributed by atoms with Crippen molar-refractivity contribution in [2.24, 2.45) is 23.5 Å². The van der Waals surface area contributed by atoms with Gasteiger partial charge in [-0.05, 0) is 61.1 Å². The van der Waals surface area contributed by atoms with Gasteiger partial charge in [-0.1, -0.05) is 39.2 Å². The Kier molecular flexibility index (Phi) is 12.7. The van der Waals surface area contributed by atoms with Gasteiger partial charge in [0.25, 0.3) is 10.9 Å². The van der Waals surface area contributed by atoms with E-state index in [4.69, 9.17) is 19.9 Å². The Balaban J connectivity index is 1.54. The van der Waals surface area contributed by atoms with E-state index in [1.54, 1.807) is 14.2 Å². The number of methoxy groups -OCH3 is 2. The summed E-state index contributed by atoms with van der Waals surface area (Å²) in [5, 5.41) is 17.0. The highest BCUT2D eigenvalue weighted by Gasteiger charge is 2.26. The molecule has 1 aliphatic rings. The molecule has 0 amide bonds. The summed E-state index contributed by atoms with van der Waals surface area (Å²) in [4.78, 5) is 24.3. The van der Waals surface area contributed by atoms with Gasteiger partial charge in [0.15, 0.2) is 11.5 Å². The number of nitrogens with two attached hydrogens (primary N) is 1. The van der Waals surface area contributed by atoms with Gasteiger partial charge in [-0.3, -0.25) is 9.59 Å². The normalized spacial score (nSPS) is 16.6. The molecular formula is C31H49N3O6. The number of nitrogens with one attached hydrogen (secondary N) is 2. The van der Waals surface area contributed by atoms with Gasteiger partial charge >= 0.3 is 0 Å². The van der Waals surface area contributed by atoms with E-state index in [1.165, 1.54) is 19.3 Å². The standard InChI is InChI=1S/C31H49N3O6/c1-20(2)23(15-22-11-12-26(39-4)27(16-22)40-14-8-13-38-3)17-24(32)25(35)19-34-29-28(30(36)31(29)37)33-18-21-9-6-5-7-10-21/h11-12,16,20-21,23-25,33-35H,5-10,13-15,17-19,32H2,1-4H3/t23-,24-,25-/m0/s1. The number of aliphatic hydroxyl groups is 1. The Morgan fingerprint density at radius 3 is 2.35 bits per heavy atom. The van der Waals surface area contributed by atoms with Gasteiger partial charge in [-0.15, -0.1) is 0 Å². The van der Waals surface area contributed by atoms with Gasteiger partial charge in [0.1, 0.15) is 11.4 Å². The van der Waals surface area contributed by atoms with E-state index < -0.39 is 23.0 Å². The van der Waals surface area contributed by atoms with Gasteiger partial charge < -0.3 is 35.7 Å².